The van der Waals surface area contributed by atoms with Gasteiger partial charge in [0.15, 0.2) is 6.04 Å². The normalized spacial score (nSPS) is 12.8. The smallest absolute Gasteiger partial charge is 0.408 e. The van der Waals surface area contributed by atoms with Crippen LogP contribution in [0.25, 0.3) is 0 Å². The van der Waals surface area contributed by atoms with E-state index in [1.807, 2.05) is 6.07 Å². The van der Waals surface area contributed by atoms with Crippen molar-refractivity contribution in [3.8, 4) is 11.8 Å². The summed E-state index contributed by atoms with van der Waals surface area (Å²) >= 11 is 0. The summed E-state index contributed by atoms with van der Waals surface area (Å²) in [5, 5.41) is 27.5. The molecule has 0 aliphatic heterocycles. The van der Waals surface area contributed by atoms with Gasteiger partial charge >= 0.3 is 18.0 Å². The number of carboxylic acids is 1. The number of hydrogen-bond acceptors (Lipinski definition) is 9. The van der Waals surface area contributed by atoms with Crippen LogP contribution in [0.3, 0.4) is 0 Å². The van der Waals surface area contributed by atoms with E-state index in [4.69, 9.17) is 19.5 Å². The molecule has 3 aromatic carbocycles. The van der Waals surface area contributed by atoms with E-state index in [-0.39, 0.29) is 30.8 Å². The monoisotopic (exact) mass is 708 g/mol. The first-order chi connectivity index (χ1) is 24.1. The summed E-state index contributed by atoms with van der Waals surface area (Å²) in [6, 6.07) is 16.9. The molecule has 2 amide bonds. The Morgan fingerprint density at radius 1 is 0.941 bits per heavy atom. The molecule has 0 aliphatic rings. The Hall–Kier alpha value is -5.71. The number of nitrogens with zero attached hydrogens (tertiary/aromatic N) is 1. The molecular formula is C37H42F2N4O8. The molecule has 0 fully saturated rings. The van der Waals surface area contributed by atoms with Crippen molar-refractivity contribution in [1.29, 1.82) is 5.26 Å². The van der Waals surface area contributed by atoms with Gasteiger partial charge < -0.3 is 35.3 Å². The molecule has 51 heavy (non-hydrogen) atoms. The van der Waals surface area contributed by atoms with Crippen LogP contribution < -0.4 is 20.7 Å². The van der Waals surface area contributed by atoms with Crippen LogP contribution in [0.15, 0.2) is 66.7 Å². The third-order valence-corrected chi connectivity index (χ3v) is 7.27. The van der Waals surface area contributed by atoms with Gasteiger partial charge in [-0.25, -0.2) is 18.4 Å². The Morgan fingerprint density at radius 2 is 1.65 bits per heavy atom. The maximum absolute atomic E-state index is 13.3. The van der Waals surface area contributed by atoms with Crippen LogP contribution in [0.4, 0.5) is 25.0 Å². The number of rotatable bonds is 16. The molecular weight excluding hydrogens is 666 g/mol. The van der Waals surface area contributed by atoms with E-state index in [9.17, 15) is 33.1 Å². The zero-order valence-corrected chi connectivity index (χ0v) is 29.0. The number of alkyl halides is 2. The Morgan fingerprint density at radius 3 is 2.25 bits per heavy atom. The lowest BCUT2D eigenvalue weighted by molar-refractivity contribution is -0.143. The molecule has 0 heterocycles. The largest absolute Gasteiger partial charge is 0.487 e. The number of alkyl carbamates (subject to hydrolysis) is 1. The van der Waals surface area contributed by atoms with Crippen molar-refractivity contribution in [3.63, 3.8) is 0 Å². The van der Waals surface area contributed by atoms with Crippen LogP contribution >= 0.6 is 0 Å². The fraction of sp³-hybridized carbons (Fsp3) is 0.378. The molecule has 3 aromatic rings. The highest BCUT2D eigenvalue weighted by atomic mass is 19.3. The van der Waals surface area contributed by atoms with Gasteiger partial charge in [-0.3, -0.25) is 9.59 Å². The number of hydrogen-bond donors (Lipinski definition) is 4. The Kier molecular flexibility index (Phi) is 14.3. The maximum atomic E-state index is 13.3. The number of amides is 2. The lowest BCUT2D eigenvalue weighted by Gasteiger charge is -2.24. The highest BCUT2D eigenvalue weighted by Gasteiger charge is 2.26. The number of esters is 1. The van der Waals surface area contributed by atoms with Crippen LogP contribution in [0, 0.1) is 11.3 Å². The molecule has 0 spiro atoms. The first-order valence-corrected chi connectivity index (χ1v) is 16.2. The van der Waals surface area contributed by atoms with Crippen LogP contribution in [0.2, 0.25) is 0 Å². The second-order valence-corrected chi connectivity index (χ2v) is 12.6. The minimum absolute atomic E-state index is 0.0684. The average Bonchev–Trinajstić information content (AvgIpc) is 3.05. The van der Waals surface area contributed by atoms with Gasteiger partial charge in [-0.1, -0.05) is 25.1 Å². The van der Waals surface area contributed by atoms with Crippen molar-refractivity contribution in [2.24, 2.45) is 0 Å². The second kappa shape index (κ2) is 18.3. The second-order valence-electron chi connectivity index (χ2n) is 12.6. The van der Waals surface area contributed by atoms with Crippen molar-refractivity contribution in [2.75, 3.05) is 23.8 Å². The minimum atomic E-state index is -2.77. The molecule has 4 N–H and O–H groups in total. The van der Waals surface area contributed by atoms with Gasteiger partial charge in [-0.05, 0) is 98.8 Å². The third-order valence-electron chi connectivity index (χ3n) is 7.27. The molecule has 3 atom stereocenters. The van der Waals surface area contributed by atoms with Gasteiger partial charge in [0.1, 0.15) is 18.0 Å². The number of carbonyl (C=O) groups excluding carboxylic acids is 3. The zero-order valence-electron chi connectivity index (χ0n) is 29.0. The molecule has 0 aromatic heterocycles. The minimum Gasteiger partial charge on any atom is -0.487 e. The number of anilines is 2. The molecule has 0 radical (unpaired) electrons. The standard InChI is InChI=1S/C37H42F2N4O8/c1-6-49-33(45)19-29(43-36(48)51-37(3,4)5)24-8-7-9-27(17-24)41-32(44)16-22(2)28-18-25(12-15-30(28)50-21-31(38)39)34(35(46)47)42-26-13-10-23(20-40)11-14-26/h7-15,17-18,22,29,31,34,42H,6,16,19,21H2,1-5H3,(H,41,44)(H,43,48)(H,46,47)/t22?,29-,34?/m1/s1. The molecule has 0 saturated heterocycles. The third kappa shape index (κ3) is 12.9. The zero-order chi connectivity index (χ0) is 37.7. The maximum Gasteiger partial charge on any atom is 0.408 e. The number of nitriles is 1. The van der Waals surface area contributed by atoms with Gasteiger partial charge in [0.05, 0.1) is 30.7 Å². The summed E-state index contributed by atoms with van der Waals surface area (Å²) < 4.78 is 42.0. The van der Waals surface area contributed by atoms with Crippen molar-refractivity contribution in [1.82, 2.24) is 5.32 Å². The number of benzene rings is 3. The molecule has 0 saturated carbocycles. The molecule has 272 valence electrons. The molecule has 2 unspecified atom stereocenters. The van der Waals surface area contributed by atoms with E-state index in [1.165, 1.54) is 30.3 Å². The predicted octanol–water partition coefficient (Wildman–Crippen LogP) is 7.09. The summed E-state index contributed by atoms with van der Waals surface area (Å²) in [6.07, 6.45) is -3.87. The van der Waals surface area contributed by atoms with E-state index in [2.05, 4.69) is 16.0 Å². The van der Waals surface area contributed by atoms with Gasteiger partial charge in [0.25, 0.3) is 6.43 Å². The summed E-state index contributed by atoms with van der Waals surface area (Å²) in [5.41, 5.74) is 1.49. The number of carboxylic acid groups (broad SMARTS) is 1. The van der Waals surface area contributed by atoms with Gasteiger partial charge in [-0.2, -0.15) is 5.26 Å². The van der Waals surface area contributed by atoms with Gasteiger partial charge in [-0.15, -0.1) is 0 Å². The fourth-order valence-corrected chi connectivity index (χ4v) is 5.03. The quantitative estimate of drug-likeness (QED) is 0.112. The molecule has 3 rings (SSSR count). The highest BCUT2D eigenvalue weighted by Crippen LogP contribution is 2.34. The lowest BCUT2D eigenvalue weighted by Crippen LogP contribution is -2.36. The molecule has 12 nitrogen and oxygen atoms in total. The summed E-state index contributed by atoms with van der Waals surface area (Å²) in [6.45, 7) is 7.68. The average molecular weight is 709 g/mol. The Balaban J connectivity index is 1.84. The fourth-order valence-electron chi connectivity index (χ4n) is 5.03. The number of aliphatic carboxylic acids is 1. The Bertz CT molecular complexity index is 1720. The van der Waals surface area contributed by atoms with E-state index >= 15 is 0 Å². The van der Waals surface area contributed by atoms with E-state index in [0.29, 0.717) is 28.1 Å². The predicted molar refractivity (Wildman–Crippen MR) is 185 cm³/mol. The first-order valence-electron chi connectivity index (χ1n) is 16.2. The summed E-state index contributed by atoms with van der Waals surface area (Å²) in [7, 11) is 0. The summed E-state index contributed by atoms with van der Waals surface area (Å²) in [5.74, 6) is -2.79. The molecule has 14 heteroatoms. The van der Waals surface area contributed by atoms with Crippen LogP contribution in [0.5, 0.6) is 5.75 Å². The van der Waals surface area contributed by atoms with Crippen molar-refractivity contribution < 1.29 is 47.3 Å². The van der Waals surface area contributed by atoms with Crippen LogP contribution in [-0.2, 0) is 23.9 Å². The SMILES string of the molecule is CCOC(=O)C[C@@H](NC(=O)OC(C)(C)C)c1cccc(NC(=O)CC(C)c2cc(C(Nc3ccc(C#N)cc3)C(=O)O)ccc2OCC(F)F)c1. The molecule has 0 bridgehead atoms. The van der Waals surface area contributed by atoms with Gasteiger partial charge in [0.2, 0.25) is 5.91 Å². The van der Waals surface area contributed by atoms with E-state index in [1.54, 1.807) is 71.0 Å². The van der Waals surface area contributed by atoms with Crippen molar-refractivity contribution >= 4 is 35.3 Å². The number of carbonyl (C=O) groups is 4. The summed E-state index contributed by atoms with van der Waals surface area (Å²) in [4.78, 5) is 50.6. The van der Waals surface area contributed by atoms with Crippen LogP contribution in [0.1, 0.15) is 87.7 Å². The van der Waals surface area contributed by atoms with E-state index in [0.717, 1.165) is 0 Å². The van der Waals surface area contributed by atoms with Crippen molar-refractivity contribution in [2.45, 2.75) is 77.5 Å². The number of nitrogens with one attached hydrogen (secondary N) is 3. The molecule has 0 aliphatic carbocycles. The van der Waals surface area contributed by atoms with Crippen LogP contribution in [-0.4, -0.2) is 54.3 Å². The number of ether oxygens (including phenoxy) is 3. The topological polar surface area (TPSA) is 176 Å². The van der Waals surface area contributed by atoms with Gasteiger partial charge in [0, 0.05) is 17.8 Å². The Labute approximate surface area is 295 Å². The number of halogens is 2. The highest BCUT2D eigenvalue weighted by molar-refractivity contribution is 5.91. The van der Waals surface area contributed by atoms with E-state index < -0.39 is 60.6 Å². The lowest BCUT2D eigenvalue weighted by atomic mass is 9.92. The first kappa shape index (κ1) is 39.7. The van der Waals surface area contributed by atoms with Crippen molar-refractivity contribution in [3.05, 3.63) is 89.0 Å².